The summed E-state index contributed by atoms with van der Waals surface area (Å²) >= 11 is 0. The summed E-state index contributed by atoms with van der Waals surface area (Å²) in [7, 11) is 1.54. The molecule has 7 nitrogen and oxygen atoms in total. The average Bonchev–Trinajstić information content (AvgIpc) is 3.03. The summed E-state index contributed by atoms with van der Waals surface area (Å²) in [5, 5.41) is 0. The van der Waals surface area contributed by atoms with Crippen LogP contribution in [0.3, 0.4) is 0 Å². The molecule has 3 fully saturated rings. The largest absolute Gasteiger partial charge is 0.462 e. The molecule has 0 N–H and O–H groups in total. The molecule has 4 rings (SSSR count). The second kappa shape index (κ2) is 9.47. The number of esters is 2. The Labute approximate surface area is 208 Å². The summed E-state index contributed by atoms with van der Waals surface area (Å²) in [5.41, 5.74) is 0.564. The van der Waals surface area contributed by atoms with Crippen molar-refractivity contribution in [3.05, 3.63) is 23.8 Å². The molecule has 0 unspecified atom stereocenters. The summed E-state index contributed by atoms with van der Waals surface area (Å²) in [4.78, 5) is 36.6. The van der Waals surface area contributed by atoms with E-state index in [9.17, 15) is 14.4 Å². The van der Waals surface area contributed by atoms with Gasteiger partial charge in [-0.3, -0.25) is 14.4 Å². The minimum absolute atomic E-state index is 0.0272. The summed E-state index contributed by atoms with van der Waals surface area (Å²) in [6.45, 7) is 11.3. The molecule has 0 aliphatic heterocycles. The minimum atomic E-state index is -1.23. The highest BCUT2D eigenvalue weighted by Crippen LogP contribution is 2.69. The fourth-order valence-electron chi connectivity index (χ4n) is 8.19. The number of carbonyl (C=O) groups is 3. The van der Waals surface area contributed by atoms with Crippen LogP contribution < -0.4 is 0 Å². The highest BCUT2D eigenvalue weighted by Gasteiger charge is 2.69. The van der Waals surface area contributed by atoms with Gasteiger partial charge in [0.15, 0.2) is 12.2 Å². The topological polar surface area (TPSA) is 88.1 Å². The Morgan fingerprint density at radius 3 is 2.46 bits per heavy atom. The first-order valence-electron chi connectivity index (χ1n) is 12.8. The number of carbonyl (C=O) groups excluding carboxylic acids is 3. The fourth-order valence-corrected chi connectivity index (χ4v) is 8.19. The van der Waals surface area contributed by atoms with E-state index in [0.717, 1.165) is 44.1 Å². The van der Waals surface area contributed by atoms with E-state index in [1.807, 2.05) is 0 Å². The van der Waals surface area contributed by atoms with Gasteiger partial charge in [0, 0.05) is 32.8 Å². The van der Waals surface area contributed by atoms with E-state index in [2.05, 4.69) is 26.5 Å². The third-order valence-corrected chi connectivity index (χ3v) is 9.74. The molecular formula is C28H40O7. The molecule has 0 bridgehead atoms. The maximum absolute atomic E-state index is 13.7. The molecular weight excluding hydrogens is 448 g/mol. The quantitative estimate of drug-likeness (QED) is 0.295. The fraction of sp³-hybridized carbons (Fsp3) is 0.750. The van der Waals surface area contributed by atoms with Crippen LogP contribution in [0.5, 0.6) is 0 Å². The summed E-state index contributed by atoms with van der Waals surface area (Å²) in [6, 6.07) is 0. The molecule has 4 aliphatic rings. The van der Waals surface area contributed by atoms with Crippen LogP contribution in [0, 0.1) is 28.6 Å². The first-order valence-corrected chi connectivity index (χ1v) is 12.8. The van der Waals surface area contributed by atoms with Crippen molar-refractivity contribution in [1.82, 2.24) is 0 Å². The number of hydrogen-bond donors (Lipinski definition) is 0. The van der Waals surface area contributed by atoms with Gasteiger partial charge in [-0.15, -0.1) is 0 Å². The van der Waals surface area contributed by atoms with Gasteiger partial charge in [-0.1, -0.05) is 32.1 Å². The second-order valence-electron chi connectivity index (χ2n) is 11.4. The van der Waals surface area contributed by atoms with Gasteiger partial charge in [0.2, 0.25) is 5.78 Å². The number of fused-ring (bicyclic) bond motifs is 5. The molecule has 0 radical (unpaired) electrons. The molecule has 0 aromatic rings. The monoisotopic (exact) mass is 488 g/mol. The van der Waals surface area contributed by atoms with Crippen molar-refractivity contribution < 1.29 is 33.3 Å². The molecule has 0 saturated heterocycles. The van der Waals surface area contributed by atoms with Gasteiger partial charge in [0.1, 0.15) is 12.9 Å². The van der Waals surface area contributed by atoms with Crippen LogP contribution in [0.25, 0.3) is 0 Å². The van der Waals surface area contributed by atoms with Gasteiger partial charge in [-0.2, -0.15) is 0 Å². The Bertz CT molecular complexity index is 938. The molecule has 4 aliphatic carbocycles. The van der Waals surface area contributed by atoms with Crippen molar-refractivity contribution in [3.8, 4) is 0 Å². The third-order valence-electron chi connectivity index (χ3n) is 9.74. The molecule has 35 heavy (non-hydrogen) atoms. The number of ketones is 1. The summed E-state index contributed by atoms with van der Waals surface area (Å²) < 4.78 is 22.2. The summed E-state index contributed by atoms with van der Waals surface area (Å²) in [6.07, 6.45) is 8.50. The molecule has 194 valence electrons. The number of hydrogen-bond acceptors (Lipinski definition) is 7. The number of methoxy groups -OCH3 is 1. The van der Waals surface area contributed by atoms with E-state index < -0.39 is 17.0 Å². The van der Waals surface area contributed by atoms with Gasteiger partial charge >= 0.3 is 11.9 Å². The number of Topliss-reactive ketones (excluding diaryl/α,β-unsaturated/α-hetero) is 1. The van der Waals surface area contributed by atoms with E-state index in [4.69, 9.17) is 18.9 Å². The van der Waals surface area contributed by atoms with Gasteiger partial charge in [-0.05, 0) is 67.3 Å². The molecule has 0 spiro atoms. The number of rotatable bonds is 7. The average molecular weight is 489 g/mol. The normalized spacial score (nSPS) is 40.1. The zero-order chi connectivity index (χ0) is 25.6. The standard InChI is InChI=1S/C28H40O7/c1-17-13-24-22-8-7-20-14-21(35-19(3)30)9-11-26(20,4)23(22)10-12-27(24,5)28(17,34-16-32-6)25(31)15-33-18(2)29/h7,21-24H,1,8-16H2,2-6H3/t21-,22+,23-,24-,26-,27-,28-/m0/s1. The highest BCUT2D eigenvalue weighted by atomic mass is 16.7. The molecule has 3 saturated carbocycles. The van der Waals surface area contributed by atoms with Crippen LogP contribution in [0.2, 0.25) is 0 Å². The lowest BCUT2D eigenvalue weighted by Crippen LogP contribution is -2.60. The maximum Gasteiger partial charge on any atom is 0.303 e. The van der Waals surface area contributed by atoms with Crippen LogP contribution >= 0.6 is 0 Å². The lowest BCUT2D eigenvalue weighted by atomic mass is 9.46. The van der Waals surface area contributed by atoms with Crippen molar-refractivity contribution >= 4 is 17.7 Å². The Hall–Kier alpha value is -1.99. The Morgan fingerprint density at radius 1 is 1.06 bits per heavy atom. The van der Waals surface area contributed by atoms with Gasteiger partial charge in [-0.25, -0.2) is 0 Å². The number of ether oxygens (including phenoxy) is 4. The molecule has 0 aromatic heterocycles. The van der Waals surface area contributed by atoms with Gasteiger partial charge in [0.25, 0.3) is 0 Å². The zero-order valence-corrected chi connectivity index (χ0v) is 21.8. The van der Waals surface area contributed by atoms with Crippen molar-refractivity contribution in [2.75, 3.05) is 20.5 Å². The number of allylic oxidation sites excluding steroid dienone is 1. The molecule has 0 aromatic carbocycles. The van der Waals surface area contributed by atoms with E-state index in [1.165, 1.54) is 19.4 Å². The first kappa shape index (κ1) is 26.1. The van der Waals surface area contributed by atoms with Crippen LogP contribution in [-0.2, 0) is 33.3 Å². The maximum atomic E-state index is 13.7. The molecule has 7 heteroatoms. The smallest absolute Gasteiger partial charge is 0.303 e. The predicted octanol–water partition coefficient (Wildman–Crippen LogP) is 4.54. The van der Waals surface area contributed by atoms with E-state index in [0.29, 0.717) is 18.3 Å². The molecule has 0 heterocycles. The Balaban J connectivity index is 1.65. The highest BCUT2D eigenvalue weighted by molar-refractivity contribution is 5.94. The van der Waals surface area contributed by atoms with E-state index >= 15 is 0 Å². The Morgan fingerprint density at radius 2 is 1.80 bits per heavy atom. The lowest BCUT2D eigenvalue weighted by Gasteiger charge is -2.59. The zero-order valence-electron chi connectivity index (χ0n) is 21.8. The molecule has 0 amide bonds. The van der Waals surface area contributed by atoms with E-state index in [1.54, 1.807) is 7.11 Å². The van der Waals surface area contributed by atoms with Crippen LogP contribution in [0.4, 0.5) is 0 Å². The lowest BCUT2D eigenvalue weighted by molar-refractivity contribution is -0.195. The van der Waals surface area contributed by atoms with Gasteiger partial charge in [0.05, 0.1) is 0 Å². The van der Waals surface area contributed by atoms with Crippen molar-refractivity contribution in [3.63, 3.8) is 0 Å². The van der Waals surface area contributed by atoms with Gasteiger partial charge < -0.3 is 18.9 Å². The van der Waals surface area contributed by atoms with E-state index in [-0.39, 0.29) is 42.6 Å². The van der Waals surface area contributed by atoms with Crippen LogP contribution in [-0.4, -0.2) is 49.9 Å². The van der Waals surface area contributed by atoms with Crippen molar-refractivity contribution in [2.45, 2.75) is 84.3 Å². The van der Waals surface area contributed by atoms with Crippen LogP contribution in [0.1, 0.15) is 72.6 Å². The predicted molar refractivity (Wildman–Crippen MR) is 129 cm³/mol. The molecule has 7 atom stereocenters. The SMILES string of the molecule is C=C1C[C@H]2[C@@H]3CC=C4C[C@@H](OC(C)=O)CC[C@]4(C)[C@H]3CC[C@]2(C)[C@@]1(OCOC)C(=O)COC(C)=O. The van der Waals surface area contributed by atoms with Crippen molar-refractivity contribution in [2.24, 2.45) is 28.6 Å². The minimum Gasteiger partial charge on any atom is -0.462 e. The second-order valence-corrected chi connectivity index (χ2v) is 11.4. The first-order chi connectivity index (χ1) is 16.5. The Kier molecular flexibility index (Phi) is 7.06. The van der Waals surface area contributed by atoms with Crippen molar-refractivity contribution in [1.29, 1.82) is 0 Å². The van der Waals surface area contributed by atoms with Crippen LogP contribution in [0.15, 0.2) is 23.8 Å². The third kappa shape index (κ3) is 4.08. The summed E-state index contributed by atoms with van der Waals surface area (Å²) in [5.74, 6) is 0.173.